The molecule has 132 valence electrons. The molecule has 0 rings (SSSR count). The van der Waals surface area contributed by atoms with Gasteiger partial charge < -0.3 is 67.8 Å². The molecule has 0 saturated heterocycles. The summed E-state index contributed by atoms with van der Waals surface area (Å²) in [5, 5.41) is 0. The third kappa shape index (κ3) is 1500. The summed E-state index contributed by atoms with van der Waals surface area (Å²) >= 11 is -12.0. The minimum atomic E-state index is -4.01. The molecular formula is H12CoI3N6O9-6. The van der Waals surface area contributed by atoms with Gasteiger partial charge in [0.05, 0.1) is 0 Å². The quantitative estimate of drug-likeness (QED) is 0.219. The molecule has 0 unspecified atom stereocenters. The van der Waals surface area contributed by atoms with Gasteiger partial charge in [-0.25, -0.2) is 0 Å². The molecule has 15 nitrogen and oxygen atoms in total. The molecule has 19 heteroatoms. The van der Waals surface area contributed by atoms with Gasteiger partial charge in [0.1, 0.15) is 0 Å². The number of nitrogens with two attached hydrogens (primary N) is 6. The van der Waals surface area contributed by atoms with Crippen LogP contribution in [0.4, 0.5) is 0 Å². The third-order valence-corrected chi connectivity index (χ3v) is 0. The van der Waals surface area contributed by atoms with E-state index in [1.165, 1.54) is 0 Å². The van der Waals surface area contributed by atoms with Crippen LogP contribution in [0, 0.1) is 0 Å². The van der Waals surface area contributed by atoms with Crippen molar-refractivity contribution in [3.63, 3.8) is 0 Å². The summed E-state index contributed by atoms with van der Waals surface area (Å²) in [6, 6.07) is 0. The van der Waals surface area contributed by atoms with E-state index in [0.717, 1.165) is 0 Å². The zero-order valence-corrected chi connectivity index (χ0v) is 16.1. The summed E-state index contributed by atoms with van der Waals surface area (Å²) in [5.41, 5.74) is 0. The Hall–Kier alpha value is 2.10. The Balaban J connectivity index is -0.00000000675. The fourth-order valence-corrected chi connectivity index (χ4v) is 0. The van der Waals surface area contributed by atoms with Crippen molar-refractivity contribution in [2.45, 2.75) is 0 Å². The molecule has 0 aromatic heterocycles. The van der Waals surface area contributed by atoms with Crippen molar-refractivity contribution in [2.24, 2.45) is 0 Å². The van der Waals surface area contributed by atoms with Crippen LogP contribution in [0.5, 0.6) is 0 Å². The smallest absolute Gasteiger partial charge is 0.693 e. The van der Waals surface area contributed by atoms with Gasteiger partial charge in [-0.1, -0.05) is 0 Å². The van der Waals surface area contributed by atoms with E-state index in [4.69, 9.17) is 30.9 Å². The van der Waals surface area contributed by atoms with Crippen LogP contribution < -0.4 is 94.1 Å². The molecule has 12 N–H and O–H groups in total. The van der Waals surface area contributed by atoms with Gasteiger partial charge in [-0.3, -0.25) is 0 Å². The van der Waals surface area contributed by atoms with Crippen LogP contribution in [0.3, 0.4) is 0 Å². The molecule has 0 spiro atoms. The van der Waals surface area contributed by atoms with Gasteiger partial charge in [0.15, 0.2) is 0 Å². The molecule has 0 aliphatic carbocycles. The van der Waals surface area contributed by atoms with Crippen LogP contribution in [-0.2, 0) is 16.8 Å². The summed E-state index contributed by atoms with van der Waals surface area (Å²) in [6.45, 7) is 0. The molecule has 0 atom stereocenters. The van der Waals surface area contributed by atoms with Gasteiger partial charge in [0.2, 0.25) is 0 Å². The van der Waals surface area contributed by atoms with Gasteiger partial charge in [0.25, 0.3) is 63.2 Å². The Morgan fingerprint density at radius 1 is 0.316 bits per heavy atom. The molecule has 0 bridgehead atoms. The summed E-state index contributed by atoms with van der Waals surface area (Å²) in [7, 11) is 0. The minimum absolute atomic E-state index is 0. The van der Waals surface area contributed by atoms with Crippen LogP contribution >= 0.6 is 0 Å². The maximum absolute atomic E-state index is 8.57. The number of hydrogen-bond acceptors (Lipinski definition) is 9. The zero-order valence-electron chi connectivity index (χ0n) is 8.61. The van der Waals surface area contributed by atoms with Crippen molar-refractivity contribution in [2.75, 3.05) is 0 Å². The van der Waals surface area contributed by atoms with Crippen LogP contribution in [0.15, 0.2) is 0 Å². The van der Waals surface area contributed by atoms with Crippen LogP contribution in [0.2, 0.25) is 0 Å². The second-order valence-electron chi connectivity index (χ2n) is 0.567. The summed E-state index contributed by atoms with van der Waals surface area (Å²) < 4.78 is 77.2. The van der Waals surface area contributed by atoms with Crippen molar-refractivity contribution in [3.8, 4) is 0 Å². The Morgan fingerprint density at radius 2 is 0.316 bits per heavy atom. The molecule has 0 heterocycles. The van der Waals surface area contributed by atoms with Crippen LogP contribution in [0.1, 0.15) is 0 Å². The Morgan fingerprint density at radius 3 is 0.316 bits per heavy atom. The van der Waals surface area contributed by atoms with Crippen LogP contribution in [-0.4, -0.2) is 0 Å². The Labute approximate surface area is 146 Å². The average Bonchev–Trinajstić information content (AvgIpc) is 1.54. The predicted octanol–water partition coefficient (Wildman–Crippen LogP) is -15.4. The van der Waals surface area contributed by atoms with E-state index in [1.807, 2.05) is 0 Å². The number of halogens is 3. The molecule has 0 fully saturated rings. The molecule has 0 aromatic carbocycles. The summed E-state index contributed by atoms with van der Waals surface area (Å²) in [4.78, 5) is 0. The molecule has 0 radical (unpaired) electrons. The van der Waals surface area contributed by atoms with Gasteiger partial charge in [-0.15, -0.1) is 0 Å². The Bertz CT molecular complexity index is 60.4. The summed E-state index contributed by atoms with van der Waals surface area (Å²) in [6.07, 6.45) is 0. The van der Waals surface area contributed by atoms with E-state index in [0.29, 0.717) is 0 Å². The molecule has 0 saturated carbocycles. The molecule has 0 aliphatic rings. The van der Waals surface area contributed by atoms with Crippen molar-refractivity contribution in [1.29, 1.82) is 0 Å². The van der Waals surface area contributed by atoms with E-state index >= 15 is 0 Å². The standard InChI is InChI=1S/Co.3IO3.6H2N/c;3*2-1(3)4;;;;;;/h;;;;6*1H2/q+3;9*-1. The van der Waals surface area contributed by atoms with Crippen molar-refractivity contribution >= 4 is 0 Å². The first-order valence-electron chi connectivity index (χ1n) is 1.39. The normalized spacial score (nSPS) is 5.68. The SMILES string of the molecule is [Co+3].[NH2-].[NH2-].[NH2-].[NH2-].[NH2-].[NH2-].[O-][I+2]([O-])[O-].[O-][I+2]([O-])[O-].[O-][I+2]([O-])[O-]. The Kier molecular flexibility index (Phi) is 217. The fraction of sp³-hybridized carbons (Fsp3) is 0. The first-order chi connectivity index (χ1) is 5.20. The largest absolute Gasteiger partial charge is 3.00 e. The minimum Gasteiger partial charge on any atom is -0.693 e. The van der Waals surface area contributed by atoms with Gasteiger partial charge in [-0.05, 0) is 0 Å². The van der Waals surface area contributed by atoms with E-state index in [1.54, 1.807) is 0 Å². The van der Waals surface area contributed by atoms with Gasteiger partial charge >= 0.3 is 16.8 Å². The van der Waals surface area contributed by atoms with Crippen molar-refractivity contribution in [3.05, 3.63) is 36.9 Å². The van der Waals surface area contributed by atoms with E-state index in [-0.39, 0.29) is 53.7 Å². The number of hydrogen-bond donors (Lipinski definition) is 0. The van der Waals surface area contributed by atoms with E-state index in [9.17, 15) is 0 Å². The molecular weight excluding hydrogens is 668 g/mol. The first kappa shape index (κ1) is 69.2. The fourth-order valence-electron chi connectivity index (χ4n) is 0. The molecule has 19 heavy (non-hydrogen) atoms. The second kappa shape index (κ2) is 59.5. The molecule has 0 aromatic rings. The van der Waals surface area contributed by atoms with E-state index < -0.39 is 63.2 Å². The van der Waals surface area contributed by atoms with Crippen LogP contribution in [0.25, 0.3) is 36.9 Å². The van der Waals surface area contributed by atoms with Crippen molar-refractivity contribution < 1.29 is 111 Å². The third-order valence-electron chi connectivity index (χ3n) is 0. The first-order valence-corrected chi connectivity index (χ1v) is 9.32. The second-order valence-corrected chi connectivity index (χ2v) is 3.80. The van der Waals surface area contributed by atoms with Gasteiger partial charge in [-0.2, -0.15) is 0 Å². The molecule has 0 amide bonds. The van der Waals surface area contributed by atoms with Crippen molar-refractivity contribution in [1.82, 2.24) is 0 Å². The maximum atomic E-state index is 8.57. The summed E-state index contributed by atoms with van der Waals surface area (Å²) in [5.74, 6) is 0. The molecule has 0 aliphatic heterocycles. The maximum Gasteiger partial charge on any atom is 3.00 e. The predicted molar refractivity (Wildman–Crippen MR) is 31.7 cm³/mol. The zero-order chi connectivity index (χ0) is 10.7. The monoisotopic (exact) mass is 680 g/mol. The van der Waals surface area contributed by atoms with E-state index in [2.05, 4.69) is 0 Å². The topological polar surface area (TPSA) is 409 Å². The average molecular weight is 680 g/mol. The number of rotatable bonds is 0. The van der Waals surface area contributed by atoms with Gasteiger partial charge in [0, 0.05) is 0 Å².